The standard InChI is InChI=1S/C30H42F2N8/c1-9-11-12-24-33-27(30(31,32)17-10-2)36-39(24)19-20-13-15-21(16-14-20)40-23(29(6,7)8)18-22(28(3,4)5)25(40)26-34-37-38-35-26/h13-16,18H,9-12,17,19H2,1-8H3,(H,34,35,37,38). The molecule has 0 amide bonds. The molecule has 8 nitrogen and oxygen atoms in total. The summed E-state index contributed by atoms with van der Waals surface area (Å²) in [5, 5.41) is 19.2. The van der Waals surface area contributed by atoms with Gasteiger partial charge < -0.3 is 4.57 Å². The molecule has 0 spiro atoms. The lowest BCUT2D eigenvalue weighted by atomic mass is 9.85. The van der Waals surface area contributed by atoms with Gasteiger partial charge >= 0.3 is 5.92 Å². The number of benzene rings is 1. The van der Waals surface area contributed by atoms with Crippen LogP contribution in [0.3, 0.4) is 0 Å². The maximum Gasteiger partial charge on any atom is 0.308 e. The fourth-order valence-electron chi connectivity index (χ4n) is 4.92. The minimum atomic E-state index is -3.03. The van der Waals surface area contributed by atoms with Crippen LogP contribution in [0.1, 0.15) is 110 Å². The number of halogens is 2. The van der Waals surface area contributed by atoms with Crippen LogP contribution in [0.15, 0.2) is 30.3 Å². The third-order valence-corrected chi connectivity index (χ3v) is 7.07. The van der Waals surface area contributed by atoms with Crippen LogP contribution in [0.25, 0.3) is 17.2 Å². The van der Waals surface area contributed by atoms with Crippen molar-refractivity contribution < 1.29 is 8.78 Å². The second-order valence-corrected chi connectivity index (χ2v) is 12.6. The lowest BCUT2D eigenvalue weighted by molar-refractivity contribution is -0.0232. The number of hydrogen-bond acceptors (Lipinski definition) is 5. The van der Waals surface area contributed by atoms with Crippen LogP contribution in [0.5, 0.6) is 0 Å². The van der Waals surface area contributed by atoms with E-state index in [1.165, 1.54) is 0 Å². The molecule has 1 N–H and O–H groups in total. The van der Waals surface area contributed by atoms with E-state index < -0.39 is 5.92 Å². The van der Waals surface area contributed by atoms with Gasteiger partial charge in [0.25, 0.3) is 0 Å². The summed E-state index contributed by atoms with van der Waals surface area (Å²) in [7, 11) is 0. The molecule has 40 heavy (non-hydrogen) atoms. The number of hydrogen-bond donors (Lipinski definition) is 1. The number of unbranched alkanes of at least 4 members (excludes halogenated alkanes) is 1. The number of H-pyrrole nitrogens is 1. The third-order valence-electron chi connectivity index (χ3n) is 7.07. The summed E-state index contributed by atoms with van der Waals surface area (Å²) in [6, 6.07) is 10.4. The van der Waals surface area contributed by atoms with E-state index in [0.717, 1.165) is 41.0 Å². The van der Waals surface area contributed by atoms with Crippen molar-refractivity contribution in [3.63, 3.8) is 0 Å². The van der Waals surface area contributed by atoms with Crippen molar-refractivity contribution in [2.24, 2.45) is 0 Å². The molecule has 0 aliphatic carbocycles. The summed E-state index contributed by atoms with van der Waals surface area (Å²) in [5.41, 5.74) is 4.83. The zero-order valence-electron chi connectivity index (χ0n) is 25.0. The molecule has 0 bridgehead atoms. The highest BCUT2D eigenvalue weighted by Gasteiger charge is 2.36. The molecular formula is C30H42F2N8. The first-order chi connectivity index (χ1) is 18.8. The first kappa shape index (κ1) is 29.6. The first-order valence-electron chi connectivity index (χ1n) is 14.2. The summed E-state index contributed by atoms with van der Waals surface area (Å²) in [6.07, 6.45) is 2.55. The van der Waals surface area contributed by atoms with Crippen LogP contribution >= 0.6 is 0 Å². The molecule has 0 radical (unpaired) electrons. The van der Waals surface area contributed by atoms with Crippen molar-refractivity contribution in [1.29, 1.82) is 0 Å². The average molecular weight is 553 g/mol. The second-order valence-electron chi connectivity index (χ2n) is 12.6. The molecular weight excluding hydrogens is 510 g/mol. The molecule has 0 atom stereocenters. The molecule has 0 unspecified atom stereocenters. The summed E-state index contributed by atoms with van der Waals surface area (Å²) in [4.78, 5) is 4.28. The number of aryl methyl sites for hydroxylation is 1. The zero-order chi connectivity index (χ0) is 29.3. The van der Waals surface area contributed by atoms with E-state index in [2.05, 4.69) is 102 Å². The van der Waals surface area contributed by atoms with Crippen molar-refractivity contribution in [3.8, 4) is 17.2 Å². The Hall–Kier alpha value is -3.43. The van der Waals surface area contributed by atoms with Gasteiger partial charge in [-0.3, -0.25) is 0 Å². The number of aromatic amines is 1. The summed E-state index contributed by atoms with van der Waals surface area (Å²) < 4.78 is 33.2. The number of alkyl halides is 2. The van der Waals surface area contributed by atoms with Crippen LogP contribution in [0.2, 0.25) is 0 Å². The van der Waals surface area contributed by atoms with E-state index in [4.69, 9.17) is 0 Å². The van der Waals surface area contributed by atoms with Gasteiger partial charge in [0.1, 0.15) is 5.82 Å². The van der Waals surface area contributed by atoms with Gasteiger partial charge in [-0.25, -0.2) is 14.8 Å². The Morgan fingerprint density at radius 3 is 2.17 bits per heavy atom. The SMILES string of the molecule is CCCCc1nc(C(F)(F)CCC)nn1Cc1ccc(-n2c(C(C)(C)C)cc(C(C)(C)C)c2-c2nnn[nH]2)cc1. The van der Waals surface area contributed by atoms with E-state index in [1.807, 2.05) is 12.1 Å². The normalized spacial score (nSPS) is 12.8. The Balaban J connectivity index is 1.76. The minimum Gasteiger partial charge on any atom is -0.310 e. The Labute approximate surface area is 235 Å². The molecule has 3 aromatic heterocycles. The Bertz CT molecular complexity index is 1400. The monoisotopic (exact) mass is 552 g/mol. The van der Waals surface area contributed by atoms with E-state index >= 15 is 0 Å². The average Bonchev–Trinajstić information content (AvgIpc) is 3.61. The third kappa shape index (κ3) is 6.15. The maximum atomic E-state index is 14.7. The highest BCUT2D eigenvalue weighted by atomic mass is 19.3. The fourth-order valence-corrected chi connectivity index (χ4v) is 4.92. The summed E-state index contributed by atoms with van der Waals surface area (Å²) >= 11 is 0. The van der Waals surface area contributed by atoms with Gasteiger partial charge in [-0.1, -0.05) is 73.9 Å². The Morgan fingerprint density at radius 2 is 1.62 bits per heavy atom. The van der Waals surface area contributed by atoms with Gasteiger partial charge in [-0.15, -0.1) is 10.2 Å². The molecule has 4 rings (SSSR count). The Kier molecular flexibility index (Phi) is 8.28. The predicted octanol–water partition coefficient (Wildman–Crippen LogP) is 7.13. The number of rotatable bonds is 10. The van der Waals surface area contributed by atoms with Crippen molar-refractivity contribution in [1.82, 2.24) is 40.0 Å². The minimum absolute atomic E-state index is 0.146. The molecule has 4 aromatic rings. The van der Waals surface area contributed by atoms with E-state index in [-0.39, 0.29) is 23.1 Å². The molecule has 1 aromatic carbocycles. The topological polar surface area (TPSA) is 90.1 Å². The lowest BCUT2D eigenvalue weighted by Crippen LogP contribution is -2.17. The van der Waals surface area contributed by atoms with E-state index in [0.29, 0.717) is 31.0 Å². The predicted molar refractivity (Wildman–Crippen MR) is 153 cm³/mol. The van der Waals surface area contributed by atoms with Gasteiger partial charge in [0.15, 0.2) is 5.82 Å². The van der Waals surface area contributed by atoms with Gasteiger partial charge in [-0.05, 0) is 58.0 Å². The molecule has 216 valence electrons. The van der Waals surface area contributed by atoms with Crippen molar-refractivity contribution in [2.45, 2.75) is 111 Å². The number of tetrazole rings is 1. The second kappa shape index (κ2) is 11.2. The highest BCUT2D eigenvalue weighted by Crippen LogP contribution is 2.40. The lowest BCUT2D eigenvalue weighted by Gasteiger charge is -2.23. The highest BCUT2D eigenvalue weighted by molar-refractivity contribution is 5.64. The van der Waals surface area contributed by atoms with Gasteiger partial charge in [0.2, 0.25) is 5.82 Å². The van der Waals surface area contributed by atoms with Crippen LogP contribution in [-0.2, 0) is 29.7 Å². The number of aromatic nitrogens is 8. The number of nitrogens with zero attached hydrogens (tertiary/aromatic N) is 7. The first-order valence-corrected chi connectivity index (χ1v) is 14.2. The molecule has 0 saturated heterocycles. The molecule has 0 saturated carbocycles. The van der Waals surface area contributed by atoms with Crippen molar-refractivity contribution in [3.05, 3.63) is 58.8 Å². The quantitative estimate of drug-likeness (QED) is 0.226. The Morgan fingerprint density at radius 1 is 0.925 bits per heavy atom. The smallest absolute Gasteiger partial charge is 0.308 e. The van der Waals surface area contributed by atoms with E-state index in [1.54, 1.807) is 11.6 Å². The zero-order valence-corrected chi connectivity index (χ0v) is 25.0. The van der Waals surface area contributed by atoms with E-state index in [9.17, 15) is 8.78 Å². The van der Waals surface area contributed by atoms with Crippen LogP contribution in [0, 0.1) is 0 Å². The van der Waals surface area contributed by atoms with Gasteiger partial charge in [-0.2, -0.15) is 8.78 Å². The largest absolute Gasteiger partial charge is 0.310 e. The fraction of sp³-hybridized carbons (Fsp3) is 0.567. The van der Waals surface area contributed by atoms with Crippen LogP contribution in [-0.4, -0.2) is 40.0 Å². The van der Waals surface area contributed by atoms with Gasteiger partial charge in [0.05, 0.1) is 12.2 Å². The summed E-state index contributed by atoms with van der Waals surface area (Å²) in [6.45, 7) is 17.3. The van der Waals surface area contributed by atoms with Crippen LogP contribution in [0.4, 0.5) is 8.78 Å². The molecule has 10 heteroatoms. The number of nitrogens with one attached hydrogen (secondary N) is 1. The maximum absolute atomic E-state index is 14.7. The van der Waals surface area contributed by atoms with Crippen molar-refractivity contribution >= 4 is 0 Å². The molecule has 0 fully saturated rings. The van der Waals surface area contributed by atoms with Crippen LogP contribution < -0.4 is 0 Å². The van der Waals surface area contributed by atoms with Gasteiger partial charge in [0, 0.05) is 29.6 Å². The van der Waals surface area contributed by atoms with Crippen molar-refractivity contribution in [2.75, 3.05) is 0 Å². The summed E-state index contributed by atoms with van der Waals surface area (Å²) in [5.74, 6) is -2.20. The molecule has 3 heterocycles. The molecule has 0 aliphatic rings. The molecule has 0 aliphatic heterocycles.